The molecule has 1 unspecified atom stereocenters. The predicted molar refractivity (Wildman–Crippen MR) is 58.4 cm³/mol. The van der Waals surface area contributed by atoms with Crippen LogP contribution < -0.4 is 5.14 Å². The Labute approximate surface area is 76.0 Å². The van der Waals surface area contributed by atoms with Crippen LogP contribution in [0.2, 0.25) is 0 Å². The highest BCUT2D eigenvalue weighted by atomic mass is 32.2. The minimum atomic E-state index is -0.397. The Balaban J connectivity index is 3.22. The first-order chi connectivity index (χ1) is 5.65. The van der Waals surface area contributed by atoms with Gasteiger partial charge in [-0.25, -0.2) is 0 Å². The maximum Gasteiger partial charge on any atom is 0.0156 e. The van der Waals surface area contributed by atoms with E-state index in [2.05, 4.69) is 19.4 Å². The van der Waals surface area contributed by atoms with Crippen molar-refractivity contribution in [1.29, 1.82) is 0 Å². The third kappa shape index (κ3) is 1.84. The molecule has 0 saturated carbocycles. The van der Waals surface area contributed by atoms with E-state index in [0.29, 0.717) is 0 Å². The Morgan fingerprint density at radius 3 is 2.67 bits per heavy atom. The van der Waals surface area contributed by atoms with Crippen LogP contribution in [0.1, 0.15) is 11.1 Å². The van der Waals surface area contributed by atoms with Crippen molar-refractivity contribution in [1.82, 2.24) is 0 Å². The lowest BCUT2D eigenvalue weighted by atomic mass is 10.1. The molecular formula is C10H13NS. The van der Waals surface area contributed by atoms with Crippen molar-refractivity contribution in [2.75, 3.05) is 0 Å². The molecule has 0 radical (unpaired) electrons. The van der Waals surface area contributed by atoms with E-state index in [9.17, 15) is 0 Å². The van der Waals surface area contributed by atoms with Crippen LogP contribution in [0.4, 0.5) is 0 Å². The number of aryl methyl sites for hydroxylation is 1. The number of nitrogens with two attached hydrogens (primary N) is 1. The Hall–Kier alpha value is -0.860. The van der Waals surface area contributed by atoms with Gasteiger partial charge in [0.25, 0.3) is 0 Å². The molecule has 0 aromatic heterocycles. The van der Waals surface area contributed by atoms with E-state index < -0.39 is 10.7 Å². The van der Waals surface area contributed by atoms with Crippen LogP contribution in [-0.2, 0) is 0 Å². The average molecular weight is 179 g/mol. The highest BCUT2D eigenvalue weighted by Gasteiger charge is 1.96. The van der Waals surface area contributed by atoms with Crippen molar-refractivity contribution in [2.45, 2.75) is 11.8 Å². The number of hydrogen-bond acceptors (Lipinski definition) is 1. The summed E-state index contributed by atoms with van der Waals surface area (Å²) in [4.78, 5) is 1.08. The second-order valence-corrected chi connectivity index (χ2v) is 3.98. The first kappa shape index (κ1) is 9.23. The largest absolute Gasteiger partial charge is 0.280 e. The quantitative estimate of drug-likeness (QED) is 0.694. The van der Waals surface area contributed by atoms with E-state index in [1.54, 1.807) is 0 Å². The summed E-state index contributed by atoms with van der Waals surface area (Å²) in [6.45, 7) is 5.79. The highest BCUT2D eigenvalue weighted by molar-refractivity contribution is 8.12. The van der Waals surface area contributed by atoms with Crippen LogP contribution in [0.15, 0.2) is 29.7 Å². The molecule has 0 bridgehead atoms. The van der Waals surface area contributed by atoms with Crippen LogP contribution in [-0.4, -0.2) is 5.87 Å². The summed E-state index contributed by atoms with van der Waals surface area (Å²) in [6, 6.07) is 6.10. The third-order valence-corrected chi connectivity index (χ3v) is 2.63. The molecule has 0 aliphatic rings. The molecule has 1 aromatic rings. The van der Waals surface area contributed by atoms with Gasteiger partial charge in [-0.05, 0) is 30.2 Å². The van der Waals surface area contributed by atoms with E-state index in [1.165, 1.54) is 5.56 Å². The normalized spacial score (nSPS) is 12.5. The van der Waals surface area contributed by atoms with Gasteiger partial charge < -0.3 is 0 Å². The van der Waals surface area contributed by atoms with Crippen LogP contribution in [0.3, 0.4) is 0 Å². The molecular weight excluding hydrogens is 166 g/mol. The molecule has 0 heterocycles. The Bertz CT molecular complexity index is 329. The topological polar surface area (TPSA) is 26.0 Å². The lowest BCUT2D eigenvalue weighted by molar-refractivity contribution is 1.35. The summed E-state index contributed by atoms with van der Waals surface area (Å²) in [5.41, 5.74) is 2.36. The van der Waals surface area contributed by atoms with E-state index >= 15 is 0 Å². The average Bonchev–Trinajstić information content (AvgIpc) is 2.05. The second kappa shape index (κ2) is 3.70. The third-order valence-electron chi connectivity index (χ3n) is 1.77. The Morgan fingerprint density at radius 1 is 1.50 bits per heavy atom. The summed E-state index contributed by atoms with van der Waals surface area (Å²) >= 11 is 0. The molecule has 12 heavy (non-hydrogen) atoms. The second-order valence-electron chi connectivity index (χ2n) is 2.65. The fourth-order valence-electron chi connectivity index (χ4n) is 1.00. The fraction of sp³-hybridized carbons (Fsp3) is 0.100. The van der Waals surface area contributed by atoms with Crippen LogP contribution >= 0.6 is 10.7 Å². The van der Waals surface area contributed by atoms with Gasteiger partial charge in [-0.2, -0.15) is 0 Å². The van der Waals surface area contributed by atoms with Gasteiger partial charge in [-0.15, -0.1) is 0 Å². The molecule has 0 saturated heterocycles. The highest BCUT2D eigenvalue weighted by Crippen LogP contribution is 2.21. The molecule has 0 aliphatic carbocycles. The van der Waals surface area contributed by atoms with Gasteiger partial charge in [0.2, 0.25) is 0 Å². The van der Waals surface area contributed by atoms with Gasteiger partial charge in [-0.1, -0.05) is 35.3 Å². The van der Waals surface area contributed by atoms with E-state index in [4.69, 9.17) is 5.14 Å². The van der Waals surface area contributed by atoms with Gasteiger partial charge >= 0.3 is 0 Å². The minimum Gasteiger partial charge on any atom is -0.280 e. The van der Waals surface area contributed by atoms with E-state index in [-0.39, 0.29) is 0 Å². The first-order valence-corrected chi connectivity index (χ1v) is 5.12. The van der Waals surface area contributed by atoms with Crippen molar-refractivity contribution >= 4 is 22.6 Å². The molecule has 1 nitrogen and oxygen atoms in total. The Morgan fingerprint density at radius 2 is 2.17 bits per heavy atom. The lowest BCUT2D eigenvalue weighted by Gasteiger charge is -2.04. The fourth-order valence-corrected chi connectivity index (χ4v) is 1.52. The zero-order chi connectivity index (χ0) is 9.14. The van der Waals surface area contributed by atoms with Crippen molar-refractivity contribution in [2.24, 2.45) is 5.14 Å². The zero-order valence-electron chi connectivity index (χ0n) is 7.21. The summed E-state index contributed by atoms with van der Waals surface area (Å²) in [6.07, 6.45) is 1.84. The summed E-state index contributed by atoms with van der Waals surface area (Å²) in [5.74, 6) is 3.79. The van der Waals surface area contributed by atoms with Gasteiger partial charge in [0.1, 0.15) is 0 Å². The first-order valence-electron chi connectivity index (χ1n) is 3.66. The Kier molecular flexibility index (Phi) is 2.84. The standard InChI is InChI=1S/C10H13NS/c1-4-9-7-10(12(3)11)6-5-8(9)2/h4-7H,1,3,11H2,2H3. The SMILES string of the molecule is C=Cc1cc(S(=C)N)ccc1C. The molecule has 1 rings (SSSR count). The van der Waals surface area contributed by atoms with Crippen LogP contribution in [0.5, 0.6) is 0 Å². The molecule has 2 N–H and O–H groups in total. The molecule has 2 heteroatoms. The van der Waals surface area contributed by atoms with Crippen molar-refractivity contribution in [3.63, 3.8) is 0 Å². The summed E-state index contributed by atoms with van der Waals surface area (Å²) < 4.78 is 0. The predicted octanol–water partition coefficient (Wildman–Crippen LogP) is 2.57. The molecule has 0 amide bonds. The molecule has 64 valence electrons. The van der Waals surface area contributed by atoms with Gasteiger partial charge in [0.15, 0.2) is 0 Å². The molecule has 1 atom stereocenters. The van der Waals surface area contributed by atoms with E-state index in [0.717, 1.165) is 10.5 Å². The van der Waals surface area contributed by atoms with E-state index in [1.807, 2.05) is 24.3 Å². The molecule has 0 aliphatic heterocycles. The van der Waals surface area contributed by atoms with Gasteiger partial charge in [0, 0.05) is 4.90 Å². The summed E-state index contributed by atoms with van der Waals surface area (Å²) in [7, 11) is -0.397. The number of benzene rings is 1. The maximum atomic E-state index is 5.67. The van der Waals surface area contributed by atoms with Crippen LogP contribution in [0.25, 0.3) is 6.08 Å². The monoisotopic (exact) mass is 179 g/mol. The summed E-state index contributed by atoms with van der Waals surface area (Å²) in [5, 5.41) is 5.67. The van der Waals surface area contributed by atoms with Crippen LogP contribution in [0, 0.1) is 6.92 Å². The van der Waals surface area contributed by atoms with Gasteiger partial charge in [0.05, 0.1) is 0 Å². The molecule has 0 fully saturated rings. The smallest absolute Gasteiger partial charge is 0.0156 e. The minimum absolute atomic E-state index is 0.397. The maximum absolute atomic E-state index is 5.67. The lowest BCUT2D eigenvalue weighted by Crippen LogP contribution is -1.87. The number of rotatable bonds is 2. The number of hydrogen-bond donors (Lipinski definition) is 1. The van der Waals surface area contributed by atoms with Crippen molar-refractivity contribution in [3.05, 3.63) is 35.9 Å². The van der Waals surface area contributed by atoms with Crippen molar-refractivity contribution in [3.8, 4) is 0 Å². The molecule has 1 aromatic carbocycles. The van der Waals surface area contributed by atoms with Crippen molar-refractivity contribution < 1.29 is 0 Å². The molecule has 0 spiro atoms. The van der Waals surface area contributed by atoms with Gasteiger partial charge in [-0.3, -0.25) is 5.14 Å². The zero-order valence-corrected chi connectivity index (χ0v) is 8.03.